The second-order valence-corrected chi connectivity index (χ2v) is 5.36. The number of pyridine rings is 1. The number of anilines is 1. The fourth-order valence-corrected chi connectivity index (χ4v) is 2.64. The molecule has 0 aliphatic carbocycles. The minimum atomic E-state index is -3.77. The van der Waals surface area contributed by atoms with Gasteiger partial charge in [0.05, 0.1) is 15.5 Å². The van der Waals surface area contributed by atoms with Crippen LogP contribution in [0, 0.1) is 5.82 Å². The molecule has 0 unspecified atom stereocenters. The molecule has 0 aliphatic heterocycles. The number of hydrogen-bond acceptors (Lipinski definition) is 4. The molecular formula is C11H9FN2O2S. The van der Waals surface area contributed by atoms with Crippen molar-refractivity contribution in [1.82, 2.24) is 4.98 Å². The maximum Gasteiger partial charge on any atom is 0.208 e. The van der Waals surface area contributed by atoms with Crippen LogP contribution in [0.25, 0.3) is 0 Å². The predicted octanol–water partition coefficient (Wildman–Crippen LogP) is 1.64. The summed E-state index contributed by atoms with van der Waals surface area (Å²) in [7, 11) is -3.77. The Kier molecular flexibility index (Phi) is 2.81. The van der Waals surface area contributed by atoms with Gasteiger partial charge in [-0.1, -0.05) is 6.07 Å². The Morgan fingerprint density at radius 3 is 2.53 bits per heavy atom. The van der Waals surface area contributed by atoms with E-state index in [0.29, 0.717) is 0 Å². The number of nitrogen functional groups attached to an aromatic ring is 1. The second kappa shape index (κ2) is 4.14. The molecule has 0 aliphatic rings. The van der Waals surface area contributed by atoms with Crippen molar-refractivity contribution < 1.29 is 12.8 Å². The van der Waals surface area contributed by atoms with Gasteiger partial charge in [0.2, 0.25) is 9.84 Å². The molecule has 0 spiro atoms. The zero-order valence-corrected chi connectivity index (χ0v) is 9.49. The minimum absolute atomic E-state index is 0.0527. The molecule has 0 bridgehead atoms. The van der Waals surface area contributed by atoms with Crippen molar-refractivity contribution in [3.8, 4) is 0 Å². The first-order valence-electron chi connectivity index (χ1n) is 4.71. The highest BCUT2D eigenvalue weighted by molar-refractivity contribution is 7.91. The molecule has 0 radical (unpaired) electrons. The molecule has 6 heteroatoms. The van der Waals surface area contributed by atoms with Crippen LogP contribution in [0.5, 0.6) is 0 Å². The van der Waals surface area contributed by atoms with E-state index in [1.165, 1.54) is 36.7 Å². The van der Waals surface area contributed by atoms with E-state index in [2.05, 4.69) is 4.98 Å². The molecule has 0 saturated carbocycles. The summed E-state index contributed by atoms with van der Waals surface area (Å²) >= 11 is 0. The zero-order valence-electron chi connectivity index (χ0n) is 8.67. The Hall–Kier alpha value is -1.95. The highest BCUT2D eigenvalue weighted by atomic mass is 32.2. The van der Waals surface area contributed by atoms with Gasteiger partial charge < -0.3 is 5.73 Å². The largest absolute Gasteiger partial charge is 0.397 e. The Labute approximate surface area is 97.8 Å². The Morgan fingerprint density at radius 1 is 1.12 bits per heavy atom. The summed E-state index contributed by atoms with van der Waals surface area (Å²) in [5.41, 5.74) is 5.70. The average molecular weight is 252 g/mol. The molecule has 2 aromatic rings. The SMILES string of the molecule is Nc1cncc(S(=O)(=O)c2cccc(F)c2)c1. The lowest BCUT2D eigenvalue weighted by Crippen LogP contribution is -2.03. The standard InChI is InChI=1S/C11H9FN2O2S/c12-8-2-1-3-10(4-8)17(15,16)11-5-9(13)6-14-7-11/h1-7H,13H2. The van der Waals surface area contributed by atoms with Crippen LogP contribution in [0.1, 0.15) is 0 Å². The normalized spacial score (nSPS) is 11.4. The van der Waals surface area contributed by atoms with Gasteiger partial charge in [-0.15, -0.1) is 0 Å². The quantitative estimate of drug-likeness (QED) is 0.881. The lowest BCUT2D eigenvalue weighted by Gasteiger charge is -2.04. The fraction of sp³-hybridized carbons (Fsp3) is 0. The van der Waals surface area contributed by atoms with Crippen molar-refractivity contribution in [3.05, 3.63) is 48.5 Å². The van der Waals surface area contributed by atoms with Crippen molar-refractivity contribution in [2.45, 2.75) is 9.79 Å². The molecule has 0 atom stereocenters. The number of halogens is 1. The second-order valence-electron chi connectivity index (χ2n) is 3.41. The lowest BCUT2D eigenvalue weighted by atomic mass is 10.3. The molecule has 0 saturated heterocycles. The summed E-state index contributed by atoms with van der Waals surface area (Å²) in [5.74, 6) is -0.608. The van der Waals surface area contributed by atoms with E-state index in [1.807, 2.05) is 0 Å². The summed E-state index contributed by atoms with van der Waals surface area (Å²) in [6.07, 6.45) is 2.52. The van der Waals surface area contributed by atoms with Gasteiger partial charge in [-0.2, -0.15) is 0 Å². The van der Waals surface area contributed by atoms with Crippen molar-refractivity contribution in [3.63, 3.8) is 0 Å². The average Bonchev–Trinajstić information content (AvgIpc) is 2.29. The van der Waals surface area contributed by atoms with Crippen LogP contribution in [0.15, 0.2) is 52.5 Å². The van der Waals surface area contributed by atoms with Crippen LogP contribution in [-0.2, 0) is 9.84 Å². The van der Waals surface area contributed by atoms with E-state index in [4.69, 9.17) is 5.73 Å². The van der Waals surface area contributed by atoms with Crippen LogP contribution in [0.4, 0.5) is 10.1 Å². The molecular weight excluding hydrogens is 243 g/mol. The van der Waals surface area contributed by atoms with Gasteiger partial charge in [0.15, 0.2) is 0 Å². The molecule has 1 heterocycles. The Balaban J connectivity index is 2.58. The van der Waals surface area contributed by atoms with Gasteiger partial charge in [0.25, 0.3) is 0 Å². The van der Waals surface area contributed by atoms with E-state index < -0.39 is 15.7 Å². The van der Waals surface area contributed by atoms with Crippen molar-refractivity contribution in [2.75, 3.05) is 5.73 Å². The molecule has 2 N–H and O–H groups in total. The third kappa shape index (κ3) is 2.26. The first kappa shape index (κ1) is 11.5. The summed E-state index contributed by atoms with van der Waals surface area (Å²) in [6.45, 7) is 0. The first-order valence-corrected chi connectivity index (χ1v) is 6.19. The van der Waals surface area contributed by atoms with Crippen molar-refractivity contribution >= 4 is 15.5 Å². The van der Waals surface area contributed by atoms with Gasteiger partial charge in [-0.05, 0) is 24.3 Å². The molecule has 2 rings (SSSR count). The number of rotatable bonds is 2. The Morgan fingerprint density at radius 2 is 1.88 bits per heavy atom. The first-order chi connectivity index (χ1) is 8.00. The van der Waals surface area contributed by atoms with Crippen LogP contribution in [-0.4, -0.2) is 13.4 Å². The Bertz CT molecular complexity index is 605. The van der Waals surface area contributed by atoms with Crippen LogP contribution >= 0.6 is 0 Å². The highest BCUT2D eigenvalue weighted by Crippen LogP contribution is 2.21. The third-order valence-corrected chi connectivity index (χ3v) is 3.87. The van der Waals surface area contributed by atoms with Crippen molar-refractivity contribution in [1.29, 1.82) is 0 Å². The fourth-order valence-electron chi connectivity index (χ4n) is 1.35. The van der Waals surface area contributed by atoms with E-state index in [0.717, 1.165) is 6.07 Å². The van der Waals surface area contributed by atoms with Crippen molar-refractivity contribution in [2.24, 2.45) is 0 Å². The molecule has 1 aromatic carbocycles. The van der Waals surface area contributed by atoms with Gasteiger partial charge in [0.1, 0.15) is 5.82 Å². The summed E-state index contributed by atoms with van der Waals surface area (Å²) in [6, 6.07) is 6.08. The number of aromatic nitrogens is 1. The van der Waals surface area contributed by atoms with Crippen LogP contribution in [0.2, 0.25) is 0 Å². The number of sulfone groups is 1. The number of nitrogens with two attached hydrogens (primary N) is 1. The smallest absolute Gasteiger partial charge is 0.208 e. The van der Waals surface area contributed by atoms with Gasteiger partial charge in [-0.3, -0.25) is 4.98 Å². The lowest BCUT2D eigenvalue weighted by molar-refractivity contribution is 0.590. The third-order valence-electron chi connectivity index (χ3n) is 2.15. The minimum Gasteiger partial charge on any atom is -0.397 e. The van der Waals surface area contributed by atoms with Gasteiger partial charge >= 0.3 is 0 Å². The maximum absolute atomic E-state index is 13.0. The topological polar surface area (TPSA) is 73.0 Å². The number of hydrogen-bond donors (Lipinski definition) is 1. The summed E-state index contributed by atoms with van der Waals surface area (Å²) in [5, 5.41) is 0. The molecule has 4 nitrogen and oxygen atoms in total. The van der Waals surface area contributed by atoms with Crippen LogP contribution in [0.3, 0.4) is 0 Å². The zero-order chi connectivity index (χ0) is 12.5. The van der Waals surface area contributed by atoms with E-state index in [-0.39, 0.29) is 15.5 Å². The molecule has 0 amide bonds. The summed E-state index contributed by atoms with van der Waals surface area (Å²) in [4.78, 5) is 3.53. The van der Waals surface area contributed by atoms with Gasteiger partial charge in [0, 0.05) is 12.4 Å². The van der Waals surface area contributed by atoms with E-state index >= 15 is 0 Å². The van der Waals surface area contributed by atoms with E-state index in [9.17, 15) is 12.8 Å². The molecule has 1 aromatic heterocycles. The predicted molar refractivity (Wildman–Crippen MR) is 60.5 cm³/mol. The number of nitrogens with zero attached hydrogens (tertiary/aromatic N) is 1. The maximum atomic E-state index is 13.0. The number of benzene rings is 1. The molecule has 17 heavy (non-hydrogen) atoms. The molecule has 88 valence electrons. The summed E-state index contributed by atoms with van der Waals surface area (Å²) < 4.78 is 37.1. The molecule has 0 fully saturated rings. The monoisotopic (exact) mass is 252 g/mol. The van der Waals surface area contributed by atoms with Gasteiger partial charge in [-0.25, -0.2) is 12.8 Å². The highest BCUT2D eigenvalue weighted by Gasteiger charge is 2.18. The van der Waals surface area contributed by atoms with Crippen LogP contribution < -0.4 is 5.73 Å². The van der Waals surface area contributed by atoms with E-state index in [1.54, 1.807) is 0 Å².